The number of carboxylic acid groups (broad SMARTS) is 1. The second-order valence-corrected chi connectivity index (χ2v) is 9.69. The van der Waals surface area contributed by atoms with Crippen LogP contribution in [0.4, 0.5) is 5.69 Å². The van der Waals surface area contributed by atoms with Crippen molar-refractivity contribution in [3.8, 4) is 0 Å². The molecule has 1 saturated heterocycles. The number of halogens is 6. The number of amides is 2. The van der Waals surface area contributed by atoms with Crippen molar-refractivity contribution >= 4 is 93.1 Å². The molecule has 0 aromatic heterocycles. The number of para-hydroxylation sites is 1. The first-order chi connectivity index (χ1) is 12.4. The topological polar surface area (TPSA) is 74.7 Å². The Morgan fingerprint density at radius 3 is 1.81 bits per heavy atom. The van der Waals surface area contributed by atoms with Crippen LogP contribution in [0, 0.1) is 11.8 Å². The maximum absolute atomic E-state index is 13.2. The number of anilines is 1. The zero-order valence-electron chi connectivity index (χ0n) is 12.9. The van der Waals surface area contributed by atoms with Crippen LogP contribution in [-0.4, -0.2) is 37.0 Å². The molecule has 3 aliphatic rings. The molecular formula is C16H7Cl6NO4. The summed E-state index contributed by atoms with van der Waals surface area (Å²) in [5.41, 5.74) is -0.358. The third-order valence-corrected chi connectivity index (χ3v) is 9.54. The fraction of sp³-hybridized carbons (Fsp3) is 0.312. The number of allylic oxidation sites excluding steroid dienone is 2. The number of hydrogen-bond acceptors (Lipinski definition) is 3. The van der Waals surface area contributed by atoms with Gasteiger partial charge in [0.25, 0.3) is 0 Å². The van der Waals surface area contributed by atoms with E-state index in [1.807, 2.05) is 0 Å². The Labute approximate surface area is 182 Å². The van der Waals surface area contributed by atoms with Crippen LogP contribution in [0.1, 0.15) is 10.4 Å². The van der Waals surface area contributed by atoms with E-state index >= 15 is 0 Å². The normalized spacial score (nSPS) is 36.6. The van der Waals surface area contributed by atoms with E-state index < -0.39 is 43.7 Å². The zero-order chi connectivity index (χ0) is 20.1. The highest BCUT2D eigenvalue weighted by molar-refractivity contribution is 6.67. The number of benzene rings is 1. The highest BCUT2D eigenvalue weighted by atomic mass is 35.5. The first-order valence-electron chi connectivity index (χ1n) is 7.46. The summed E-state index contributed by atoms with van der Waals surface area (Å²) < 4.78 is -2.03. The molecule has 1 heterocycles. The molecule has 11 heteroatoms. The molecule has 4 rings (SSSR count). The number of rotatable bonds is 2. The highest BCUT2D eigenvalue weighted by Crippen LogP contribution is 2.77. The van der Waals surface area contributed by atoms with Crippen molar-refractivity contribution < 1.29 is 19.5 Å². The largest absolute Gasteiger partial charge is 0.478 e. The van der Waals surface area contributed by atoms with Crippen LogP contribution in [0.3, 0.4) is 0 Å². The van der Waals surface area contributed by atoms with E-state index in [9.17, 15) is 19.5 Å². The summed E-state index contributed by atoms with van der Waals surface area (Å²) >= 11 is 38.4. The third kappa shape index (κ3) is 1.93. The maximum Gasteiger partial charge on any atom is 0.337 e. The monoisotopic (exact) mass is 487 g/mol. The lowest BCUT2D eigenvalue weighted by molar-refractivity contribution is -0.123. The van der Waals surface area contributed by atoms with Gasteiger partial charge in [-0.2, -0.15) is 0 Å². The quantitative estimate of drug-likeness (QED) is 0.495. The highest BCUT2D eigenvalue weighted by Gasteiger charge is 2.87. The van der Waals surface area contributed by atoms with Crippen LogP contribution < -0.4 is 4.90 Å². The number of nitrogens with zero attached hydrogens (tertiary/aromatic N) is 1. The van der Waals surface area contributed by atoms with E-state index in [1.54, 1.807) is 0 Å². The van der Waals surface area contributed by atoms with Gasteiger partial charge < -0.3 is 5.11 Å². The van der Waals surface area contributed by atoms with E-state index in [-0.39, 0.29) is 21.3 Å². The summed E-state index contributed by atoms with van der Waals surface area (Å²) in [6, 6.07) is 5.55. The molecule has 1 saturated carbocycles. The van der Waals surface area contributed by atoms with Gasteiger partial charge in [0.1, 0.15) is 9.75 Å². The van der Waals surface area contributed by atoms with Gasteiger partial charge in [-0.3, -0.25) is 9.59 Å². The molecule has 142 valence electrons. The van der Waals surface area contributed by atoms with Gasteiger partial charge in [-0.05, 0) is 12.1 Å². The Bertz CT molecular complexity index is 931. The van der Waals surface area contributed by atoms with Gasteiger partial charge in [0.05, 0.1) is 33.2 Å². The molecule has 2 amide bonds. The molecular weight excluding hydrogens is 483 g/mol. The smallest absolute Gasteiger partial charge is 0.337 e. The van der Waals surface area contributed by atoms with E-state index in [1.165, 1.54) is 24.3 Å². The van der Waals surface area contributed by atoms with Gasteiger partial charge in [-0.25, -0.2) is 9.69 Å². The Kier molecular flexibility index (Phi) is 4.13. The number of aromatic carboxylic acids is 1. The van der Waals surface area contributed by atoms with E-state index in [0.29, 0.717) is 0 Å². The first kappa shape index (κ1) is 19.6. The van der Waals surface area contributed by atoms with Crippen LogP contribution >= 0.6 is 69.6 Å². The van der Waals surface area contributed by atoms with E-state index in [2.05, 4.69) is 0 Å². The van der Waals surface area contributed by atoms with Gasteiger partial charge in [-0.15, -0.1) is 23.2 Å². The molecule has 0 radical (unpaired) electrons. The second kappa shape index (κ2) is 5.68. The lowest BCUT2D eigenvalue weighted by atomic mass is 9.84. The Morgan fingerprint density at radius 1 is 0.926 bits per heavy atom. The maximum atomic E-state index is 13.2. The van der Waals surface area contributed by atoms with E-state index in [0.717, 1.165) is 4.90 Å². The van der Waals surface area contributed by atoms with E-state index in [4.69, 9.17) is 69.6 Å². The summed E-state index contributed by atoms with van der Waals surface area (Å²) in [4.78, 5) is 34.7. The summed E-state index contributed by atoms with van der Waals surface area (Å²) in [5, 5.41) is 8.98. The second-order valence-electron chi connectivity index (χ2n) is 6.42. The van der Waals surface area contributed by atoms with Crippen molar-refractivity contribution in [3.05, 3.63) is 39.9 Å². The molecule has 4 atom stereocenters. The summed E-state index contributed by atoms with van der Waals surface area (Å²) in [7, 11) is 0. The summed E-state index contributed by atoms with van der Waals surface area (Å²) in [6.07, 6.45) is 0. The van der Waals surface area contributed by atoms with Crippen LogP contribution in [0.5, 0.6) is 0 Å². The average Bonchev–Trinajstić information content (AvgIpc) is 2.99. The number of alkyl halides is 4. The van der Waals surface area contributed by atoms with Gasteiger partial charge in [-0.1, -0.05) is 58.5 Å². The van der Waals surface area contributed by atoms with Gasteiger partial charge in [0, 0.05) is 0 Å². The van der Waals surface area contributed by atoms with Crippen molar-refractivity contribution in [3.63, 3.8) is 0 Å². The number of imide groups is 1. The molecule has 1 aromatic rings. The average molecular weight is 490 g/mol. The number of hydrogen-bond donors (Lipinski definition) is 1. The summed E-state index contributed by atoms with van der Waals surface area (Å²) in [6.45, 7) is 0. The number of carbonyl (C=O) groups excluding carboxylic acids is 2. The molecule has 0 spiro atoms. The Morgan fingerprint density at radius 2 is 1.37 bits per heavy atom. The van der Waals surface area contributed by atoms with Crippen LogP contribution in [0.2, 0.25) is 0 Å². The lowest BCUT2D eigenvalue weighted by Gasteiger charge is -2.34. The minimum atomic E-state index is -2.03. The molecule has 1 aliphatic heterocycles. The summed E-state index contributed by atoms with van der Waals surface area (Å²) in [5.74, 6) is -5.54. The van der Waals surface area contributed by atoms with Gasteiger partial charge >= 0.3 is 5.97 Å². The number of carboxylic acids is 1. The van der Waals surface area contributed by atoms with Crippen molar-refractivity contribution in [1.29, 1.82) is 0 Å². The third-order valence-electron chi connectivity index (χ3n) is 5.28. The lowest BCUT2D eigenvalue weighted by Crippen LogP contribution is -2.50. The van der Waals surface area contributed by atoms with Crippen LogP contribution in [-0.2, 0) is 9.59 Å². The van der Waals surface area contributed by atoms with Crippen molar-refractivity contribution in [2.45, 2.75) is 14.1 Å². The van der Waals surface area contributed by atoms with Crippen LogP contribution in [0.15, 0.2) is 34.3 Å². The number of carbonyl (C=O) groups is 3. The SMILES string of the molecule is O=C(O)c1ccccc1N1C(=O)[C@H]2[C@H](C1=O)[C@]1(Cl)C(Cl)=C(Cl)[C@]2(Cl)C1(Cl)Cl. The minimum Gasteiger partial charge on any atom is -0.478 e. The predicted molar refractivity (Wildman–Crippen MR) is 103 cm³/mol. The van der Waals surface area contributed by atoms with Crippen LogP contribution in [0.25, 0.3) is 0 Å². The molecule has 0 unspecified atom stereocenters. The Hall–Kier alpha value is -0.690. The molecule has 27 heavy (non-hydrogen) atoms. The molecule has 2 aliphatic carbocycles. The zero-order valence-corrected chi connectivity index (χ0v) is 17.4. The van der Waals surface area contributed by atoms with Gasteiger partial charge in [0.2, 0.25) is 11.8 Å². The number of fused-ring (bicyclic) bond motifs is 5. The molecule has 2 bridgehead atoms. The van der Waals surface area contributed by atoms with Crippen molar-refractivity contribution in [2.24, 2.45) is 11.8 Å². The van der Waals surface area contributed by atoms with Crippen molar-refractivity contribution in [2.75, 3.05) is 4.90 Å². The molecule has 1 aromatic carbocycles. The predicted octanol–water partition coefficient (Wildman–Crippen LogP) is 4.34. The molecule has 1 N–H and O–H groups in total. The Balaban J connectivity index is 1.93. The fourth-order valence-corrected chi connectivity index (χ4v) is 7.01. The molecule has 2 fully saturated rings. The first-order valence-corrected chi connectivity index (χ1v) is 9.72. The van der Waals surface area contributed by atoms with Crippen molar-refractivity contribution in [1.82, 2.24) is 0 Å². The fourth-order valence-electron chi connectivity index (χ4n) is 4.08. The standard InChI is InChI=1S/C16H7Cl6NO4/c17-9-10(18)15(20)8-7(14(9,19)16(15,21)22)11(24)23(12(8)25)6-4-2-1-3-5(6)13(26)27/h1-4,7-8H,(H,26,27)/t7-,8-,14+,15+/m1/s1. The molecule has 5 nitrogen and oxygen atoms in total. The van der Waals surface area contributed by atoms with Gasteiger partial charge in [0.15, 0.2) is 4.33 Å². The minimum absolute atomic E-state index is 0.115.